The third kappa shape index (κ3) is 11.3. The summed E-state index contributed by atoms with van der Waals surface area (Å²) in [6.07, 6.45) is 3.63. The minimum atomic E-state index is -1.03. The fraction of sp³-hybridized carbons (Fsp3) is 0.289. The summed E-state index contributed by atoms with van der Waals surface area (Å²) in [6, 6.07) is 32.3. The lowest BCUT2D eigenvalue weighted by molar-refractivity contribution is -0.147. The summed E-state index contributed by atoms with van der Waals surface area (Å²) in [4.78, 5) is 53.4. The smallest absolute Gasteiger partial charge is 0.407 e. The lowest BCUT2D eigenvalue weighted by Gasteiger charge is -2.24. The number of fused-ring (bicyclic) bond motifs is 3. The van der Waals surface area contributed by atoms with Gasteiger partial charge < -0.3 is 30.5 Å². The van der Waals surface area contributed by atoms with Gasteiger partial charge in [-0.25, -0.2) is 9.59 Å². The van der Waals surface area contributed by atoms with E-state index in [0.29, 0.717) is 18.4 Å². The molecule has 10 nitrogen and oxygen atoms in total. The Kier molecular flexibility index (Phi) is 14.9. The Hall–Kier alpha value is -6.00. The first kappa shape index (κ1) is 40.2. The maximum Gasteiger partial charge on any atom is 0.407 e. The maximum absolute atomic E-state index is 13.7. The molecule has 4 aromatic rings. The number of amides is 3. The topological polar surface area (TPSA) is 143 Å². The van der Waals surface area contributed by atoms with Crippen molar-refractivity contribution in [2.24, 2.45) is 5.92 Å². The Morgan fingerprint density at radius 3 is 1.98 bits per heavy atom. The van der Waals surface area contributed by atoms with Gasteiger partial charge in [0, 0.05) is 12.3 Å². The minimum absolute atomic E-state index is 0.0861. The predicted molar refractivity (Wildman–Crippen MR) is 212 cm³/mol. The van der Waals surface area contributed by atoms with Gasteiger partial charge in [-0.1, -0.05) is 121 Å². The monoisotopic (exact) mass is 743 g/mol. The predicted octanol–water partition coefficient (Wildman–Crippen LogP) is 6.56. The molecule has 0 fully saturated rings. The third-order valence-corrected chi connectivity index (χ3v) is 9.65. The van der Waals surface area contributed by atoms with Crippen LogP contribution in [0.3, 0.4) is 0 Å². The zero-order valence-electron chi connectivity index (χ0n) is 30.9. The number of nitrogens with one attached hydrogen (secondary N) is 3. The summed E-state index contributed by atoms with van der Waals surface area (Å²) in [5.41, 5.74) is 5.99. The van der Waals surface area contributed by atoms with Crippen LogP contribution in [0, 0.1) is 5.92 Å². The summed E-state index contributed by atoms with van der Waals surface area (Å²) in [7, 11) is 0. The van der Waals surface area contributed by atoms with Crippen LogP contribution in [0.5, 0.6) is 0 Å². The van der Waals surface area contributed by atoms with Gasteiger partial charge in [-0.3, -0.25) is 9.59 Å². The van der Waals surface area contributed by atoms with E-state index in [9.17, 15) is 24.3 Å². The molecule has 0 unspecified atom stereocenters. The molecule has 4 atom stereocenters. The Bertz CT molecular complexity index is 1870. The van der Waals surface area contributed by atoms with Crippen molar-refractivity contribution in [1.29, 1.82) is 0 Å². The molecule has 0 saturated carbocycles. The van der Waals surface area contributed by atoms with Gasteiger partial charge in [0.25, 0.3) is 0 Å². The molecule has 55 heavy (non-hydrogen) atoms. The van der Waals surface area contributed by atoms with E-state index in [-0.39, 0.29) is 50.9 Å². The molecule has 4 aromatic carbocycles. The molecule has 0 radical (unpaired) electrons. The lowest BCUT2D eigenvalue weighted by Crippen LogP contribution is -2.44. The number of ether oxygens (including phenoxy) is 2. The van der Waals surface area contributed by atoms with Gasteiger partial charge in [0.05, 0.1) is 24.6 Å². The quantitative estimate of drug-likeness (QED) is 0.0593. The molecular formula is C45H49N3O7. The first-order chi connectivity index (χ1) is 26.8. The number of allylic oxidation sites excluding steroid dienone is 2. The third-order valence-electron chi connectivity index (χ3n) is 9.65. The van der Waals surface area contributed by atoms with Gasteiger partial charge >= 0.3 is 12.1 Å². The van der Waals surface area contributed by atoms with Crippen LogP contribution in [0.1, 0.15) is 59.9 Å². The van der Waals surface area contributed by atoms with Crippen molar-refractivity contribution in [3.05, 3.63) is 157 Å². The van der Waals surface area contributed by atoms with Crippen LogP contribution in [0.4, 0.5) is 4.79 Å². The summed E-state index contributed by atoms with van der Waals surface area (Å²) >= 11 is 0. The molecule has 1 aliphatic carbocycles. The fourth-order valence-corrected chi connectivity index (χ4v) is 6.83. The van der Waals surface area contributed by atoms with Crippen molar-refractivity contribution in [1.82, 2.24) is 16.0 Å². The Morgan fingerprint density at radius 2 is 1.36 bits per heavy atom. The SMILES string of the molecule is C=CCC[C@H](NC(=O)OCC1c2ccccc2-c2ccccc21)C(=O)OC[C@@H](NC(=O)[C@@H](CC=C)CC(=O)N[C@@H](CO)Cc1ccccc1)c1ccccc1. The lowest BCUT2D eigenvalue weighted by atomic mass is 9.97. The standard InChI is InChI=1S/C45H49N3O7/c1-3-5-25-40(48-45(53)55-29-39-37-23-14-12-21-35(37)36-22-13-15-24-38(36)39)44(52)54-30-41(32-19-10-7-11-20-32)47-43(51)33(16-4-2)27-42(50)46-34(28-49)26-31-17-8-6-9-18-31/h3-4,6-15,17-24,33-34,39-41,49H,1-2,5,16,25-30H2,(H,46,50)(H,47,51)(H,48,53)/t33-,34+,40-,41+/m0/s1. The van der Waals surface area contributed by atoms with Crippen LogP contribution in [0.2, 0.25) is 0 Å². The van der Waals surface area contributed by atoms with Crippen LogP contribution < -0.4 is 16.0 Å². The van der Waals surface area contributed by atoms with Crippen LogP contribution in [-0.4, -0.2) is 60.9 Å². The maximum atomic E-state index is 13.7. The number of carbonyl (C=O) groups is 4. The molecule has 0 aliphatic heterocycles. The first-order valence-electron chi connectivity index (χ1n) is 18.6. The van der Waals surface area contributed by atoms with Crippen molar-refractivity contribution in [2.45, 2.75) is 56.1 Å². The summed E-state index contributed by atoms with van der Waals surface area (Å²) in [5, 5.41) is 18.4. The molecule has 5 rings (SSSR count). The normalized spacial score (nSPS) is 13.8. The molecule has 0 saturated heterocycles. The number of carbonyl (C=O) groups excluding carboxylic acids is 4. The molecule has 1 aliphatic rings. The van der Waals surface area contributed by atoms with E-state index in [1.165, 1.54) is 0 Å². The molecule has 4 N–H and O–H groups in total. The van der Waals surface area contributed by atoms with E-state index in [4.69, 9.17) is 9.47 Å². The number of benzene rings is 4. The van der Waals surface area contributed by atoms with Gasteiger partial charge in [0.15, 0.2) is 0 Å². The minimum Gasteiger partial charge on any atom is -0.462 e. The van der Waals surface area contributed by atoms with Gasteiger partial charge in [-0.2, -0.15) is 0 Å². The van der Waals surface area contributed by atoms with Crippen LogP contribution >= 0.6 is 0 Å². The molecule has 0 bridgehead atoms. The number of rotatable bonds is 20. The highest BCUT2D eigenvalue weighted by molar-refractivity contribution is 5.86. The van der Waals surface area contributed by atoms with E-state index in [1.54, 1.807) is 36.4 Å². The van der Waals surface area contributed by atoms with Crippen LogP contribution in [0.25, 0.3) is 11.1 Å². The Morgan fingerprint density at radius 1 is 0.745 bits per heavy atom. The highest BCUT2D eigenvalue weighted by atomic mass is 16.6. The zero-order valence-corrected chi connectivity index (χ0v) is 30.9. The first-order valence-corrected chi connectivity index (χ1v) is 18.6. The van der Waals surface area contributed by atoms with E-state index < -0.39 is 42.0 Å². The average molecular weight is 744 g/mol. The second-order valence-corrected chi connectivity index (χ2v) is 13.6. The average Bonchev–Trinajstić information content (AvgIpc) is 3.53. The van der Waals surface area contributed by atoms with E-state index in [2.05, 4.69) is 41.2 Å². The Balaban J connectivity index is 1.20. The van der Waals surface area contributed by atoms with Gasteiger partial charge in [-0.05, 0) is 59.1 Å². The molecule has 3 amide bonds. The number of aliphatic hydroxyl groups is 1. The van der Waals surface area contributed by atoms with Gasteiger partial charge in [0.1, 0.15) is 19.3 Å². The van der Waals surface area contributed by atoms with Crippen LogP contribution in [-0.2, 0) is 30.3 Å². The fourth-order valence-electron chi connectivity index (χ4n) is 6.83. The zero-order chi connectivity index (χ0) is 39.0. The van der Waals surface area contributed by atoms with Crippen molar-refractivity contribution >= 4 is 23.9 Å². The molecule has 286 valence electrons. The van der Waals surface area contributed by atoms with Crippen molar-refractivity contribution in [3.8, 4) is 11.1 Å². The van der Waals surface area contributed by atoms with Crippen molar-refractivity contribution < 1.29 is 33.8 Å². The van der Waals surface area contributed by atoms with E-state index >= 15 is 0 Å². The summed E-state index contributed by atoms with van der Waals surface area (Å²) < 4.78 is 11.4. The van der Waals surface area contributed by atoms with Gasteiger partial charge in [-0.15, -0.1) is 13.2 Å². The number of esters is 1. The van der Waals surface area contributed by atoms with Gasteiger partial charge in [0.2, 0.25) is 11.8 Å². The molecule has 0 spiro atoms. The second-order valence-electron chi connectivity index (χ2n) is 13.6. The largest absolute Gasteiger partial charge is 0.462 e. The number of hydrogen-bond donors (Lipinski definition) is 4. The Labute approximate surface area is 322 Å². The second kappa shape index (κ2) is 20.5. The van der Waals surface area contributed by atoms with E-state index in [1.807, 2.05) is 72.8 Å². The number of hydrogen-bond acceptors (Lipinski definition) is 7. The highest BCUT2D eigenvalue weighted by Crippen LogP contribution is 2.44. The molecule has 10 heteroatoms. The van der Waals surface area contributed by atoms with Crippen molar-refractivity contribution in [2.75, 3.05) is 19.8 Å². The van der Waals surface area contributed by atoms with Crippen molar-refractivity contribution in [3.63, 3.8) is 0 Å². The molecular weight excluding hydrogens is 695 g/mol. The van der Waals surface area contributed by atoms with E-state index in [0.717, 1.165) is 27.8 Å². The molecule has 0 aromatic heterocycles. The summed E-state index contributed by atoms with van der Waals surface area (Å²) in [5.74, 6) is -2.42. The number of alkyl carbamates (subject to hydrolysis) is 1. The van der Waals surface area contributed by atoms with Crippen LogP contribution in [0.15, 0.2) is 135 Å². The molecule has 0 heterocycles. The summed E-state index contributed by atoms with van der Waals surface area (Å²) in [6.45, 7) is 7.11. The highest BCUT2D eigenvalue weighted by Gasteiger charge is 2.31. The number of aliphatic hydroxyl groups excluding tert-OH is 1.